The lowest BCUT2D eigenvalue weighted by Crippen LogP contribution is -2.19. The molecular weight excluding hydrogens is 226 g/mol. The van der Waals surface area contributed by atoms with E-state index in [0.29, 0.717) is 0 Å². The third-order valence-corrected chi connectivity index (χ3v) is 3.58. The second kappa shape index (κ2) is 7.04. The maximum atomic E-state index is 10.8. The highest BCUT2D eigenvalue weighted by molar-refractivity contribution is 7.98. The molecule has 0 heterocycles. The Bertz CT molecular complexity index is 311. The van der Waals surface area contributed by atoms with E-state index < -0.39 is 10.8 Å². The van der Waals surface area contributed by atoms with Gasteiger partial charge in [-0.1, -0.05) is 12.1 Å². The molecule has 0 amide bonds. The fourth-order valence-electron chi connectivity index (χ4n) is 1.19. The van der Waals surface area contributed by atoms with Gasteiger partial charge in [0.05, 0.1) is 0 Å². The van der Waals surface area contributed by atoms with Crippen molar-refractivity contribution < 1.29 is 4.21 Å². The Hall–Kier alpha value is -0.320. The van der Waals surface area contributed by atoms with Gasteiger partial charge >= 0.3 is 0 Å². The van der Waals surface area contributed by atoms with Crippen molar-refractivity contribution in [3.05, 3.63) is 29.8 Å². The van der Waals surface area contributed by atoms with Gasteiger partial charge in [-0.15, -0.1) is 11.8 Å². The van der Waals surface area contributed by atoms with Gasteiger partial charge in [-0.2, -0.15) is 0 Å². The van der Waals surface area contributed by atoms with Crippen LogP contribution in [0.2, 0.25) is 0 Å². The molecule has 84 valence electrons. The van der Waals surface area contributed by atoms with Gasteiger partial charge in [0.25, 0.3) is 0 Å². The summed E-state index contributed by atoms with van der Waals surface area (Å²) in [5.41, 5.74) is 1.27. The molecule has 1 rings (SSSR count). The number of hydrogen-bond donors (Lipinski definition) is 1. The number of nitrogens with one attached hydrogen (secondary N) is 1. The Morgan fingerprint density at radius 3 is 2.53 bits per heavy atom. The van der Waals surface area contributed by atoms with E-state index in [-0.39, 0.29) is 0 Å². The second-order valence-corrected chi connectivity index (χ2v) is 5.74. The Kier molecular flexibility index (Phi) is 5.98. The summed E-state index contributed by atoms with van der Waals surface area (Å²) in [6, 6.07) is 8.50. The average molecular weight is 243 g/mol. The van der Waals surface area contributed by atoms with E-state index in [1.165, 1.54) is 10.5 Å². The van der Waals surface area contributed by atoms with E-state index in [0.717, 1.165) is 18.8 Å². The van der Waals surface area contributed by atoms with Crippen molar-refractivity contribution in [1.82, 2.24) is 5.32 Å². The molecule has 1 aromatic carbocycles. The predicted octanol–water partition coefficient (Wildman–Crippen LogP) is 1.88. The van der Waals surface area contributed by atoms with Crippen LogP contribution in [0.5, 0.6) is 0 Å². The van der Waals surface area contributed by atoms with Gasteiger partial charge in [-0.05, 0) is 24.0 Å². The zero-order chi connectivity index (χ0) is 11.1. The smallest absolute Gasteiger partial charge is 0.0357 e. The van der Waals surface area contributed by atoms with Crippen molar-refractivity contribution in [3.63, 3.8) is 0 Å². The molecule has 0 fully saturated rings. The summed E-state index contributed by atoms with van der Waals surface area (Å²) in [5, 5.41) is 3.27. The molecule has 15 heavy (non-hydrogen) atoms. The van der Waals surface area contributed by atoms with Gasteiger partial charge < -0.3 is 5.32 Å². The van der Waals surface area contributed by atoms with E-state index in [4.69, 9.17) is 0 Å². The Morgan fingerprint density at radius 1 is 1.33 bits per heavy atom. The van der Waals surface area contributed by atoms with Gasteiger partial charge in [0.2, 0.25) is 0 Å². The SMILES string of the molecule is CSc1ccc(CNCCS(C)=O)cc1. The lowest BCUT2D eigenvalue weighted by atomic mass is 10.2. The minimum Gasteiger partial charge on any atom is -0.312 e. The van der Waals surface area contributed by atoms with Crippen molar-refractivity contribution in [3.8, 4) is 0 Å². The molecule has 0 aliphatic rings. The topological polar surface area (TPSA) is 29.1 Å². The standard InChI is InChI=1S/C11H17NOS2/c1-14-11-5-3-10(4-6-11)9-12-7-8-15(2)13/h3-6,12H,7-9H2,1-2H3. The molecule has 0 saturated carbocycles. The first-order valence-corrected chi connectivity index (χ1v) is 7.81. The summed E-state index contributed by atoms with van der Waals surface area (Å²) in [5.74, 6) is 0.725. The van der Waals surface area contributed by atoms with Gasteiger partial charge in [0, 0.05) is 40.8 Å². The Labute approximate surface area is 98.3 Å². The minimum absolute atomic E-state index is 0.694. The third-order valence-electron chi connectivity index (χ3n) is 2.05. The summed E-state index contributed by atoms with van der Waals surface area (Å²) in [6.07, 6.45) is 3.80. The van der Waals surface area contributed by atoms with E-state index in [2.05, 4.69) is 35.8 Å². The number of hydrogen-bond acceptors (Lipinski definition) is 3. The van der Waals surface area contributed by atoms with Gasteiger partial charge in [0.15, 0.2) is 0 Å². The zero-order valence-corrected chi connectivity index (χ0v) is 10.8. The first-order valence-electron chi connectivity index (χ1n) is 4.86. The highest BCUT2D eigenvalue weighted by Crippen LogP contribution is 2.14. The summed E-state index contributed by atoms with van der Waals surface area (Å²) >= 11 is 1.75. The normalized spacial score (nSPS) is 12.7. The van der Waals surface area contributed by atoms with Gasteiger partial charge in [0.1, 0.15) is 0 Å². The fraction of sp³-hybridized carbons (Fsp3) is 0.455. The molecule has 0 saturated heterocycles. The molecule has 1 aromatic rings. The molecule has 0 spiro atoms. The van der Waals surface area contributed by atoms with Crippen LogP contribution in [0.4, 0.5) is 0 Å². The number of rotatable bonds is 6. The first kappa shape index (κ1) is 12.7. The summed E-state index contributed by atoms with van der Waals surface area (Å²) in [4.78, 5) is 1.29. The van der Waals surface area contributed by atoms with Crippen LogP contribution in [0.15, 0.2) is 29.2 Å². The summed E-state index contributed by atoms with van der Waals surface area (Å²) in [6.45, 7) is 1.67. The molecule has 2 nitrogen and oxygen atoms in total. The molecule has 4 heteroatoms. The van der Waals surface area contributed by atoms with Crippen LogP contribution in [-0.2, 0) is 17.3 Å². The highest BCUT2D eigenvalue weighted by atomic mass is 32.2. The molecule has 0 radical (unpaired) electrons. The molecule has 1 atom stereocenters. The summed E-state index contributed by atoms with van der Waals surface area (Å²) in [7, 11) is -0.694. The molecule has 0 bridgehead atoms. The monoisotopic (exact) mass is 243 g/mol. The second-order valence-electron chi connectivity index (χ2n) is 3.30. The van der Waals surface area contributed by atoms with E-state index >= 15 is 0 Å². The van der Waals surface area contributed by atoms with Crippen LogP contribution in [0.3, 0.4) is 0 Å². The van der Waals surface area contributed by atoms with Crippen molar-refractivity contribution in [2.75, 3.05) is 24.8 Å². The average Bonchev–Trinajstić information content (AvgIpc) is 2.25. The molecule has 0 aromatic heterocycles. The van der Waals surface area contributed by atoms with Crippen molar-refractivity contribution in [2.24, 2.45) is 0 Å². The number of thioether (sulfide) groups is 1. The van der Waals surface area contributed by atoms with E-state index in [1.54, 1.807) is 18.0 Å². The van der Waals surface area contributed by atoms with Crippen LogP contribution in [0, 0.1) is 0 Å². The van der Waals surface area contributed by atoms with E-state index in [1.807, 2.05) is 0 Å². The molecular formula is C11H17NOS2. The zero-order valence-electron chi connectivity index (χ0n) is 9.16. The van der Waals surface area contributed by atoms with Crippen LogP contribution in [0.25, 0.3) is 0 Å². The van der Waals surface area contributed by atoms with E-state index in [9.17, 15) is 4.21 Å². The van der Waals surface area contributed by atoms with Crippen LogP contribution in [0.1, 0.15) is 5.56 Å². The quantitative estimate of drug-likeness (QED) is 0.611. The fourth-order valence-corrected chi connectivity index (χ4v) is 2.03. The maximum absolute atomic E-state index is 10.8. The van der Waals surface area contributed by atoms with Crippen LogP contribution < -0.4 is 5.32 Å². The van der Waals surface area contributed by atoms with Gasteiger partial charge in [-0.3, -0.25) is 4.21 Å². The van der Waals surface area contributed by atoms with Crippen molar-refractivity contribution in [1.29, 1.82) is 0 Å². The Balaban J connectivity index is 2.28. The van der Waals surface area contributed by atoms with Crippen molar-refractivity contribution >= 4 is 22.6 Å². The van der Waals surface area contributed by atoms with Crippen LogP contribution in [-0.4, -0.2) is 29.0 Å². The molecule has 0 aliphatic heterocycles. The van der Waals surface area contributed by atoms with Crippen molar-refractivity contribution in [2.45, 2.75) is 11.4 Å². The summed E-state index contributed by atoms with van der Waals surface area (Å²) < 4.78 is 10.8. The van der Waals surface area contributed by atoms with Crippen LogP contribution >= 0.6 is 11.8 Å². The molecule has 0 aliphatic carbocycles. The van der Waals surface area contributed by atoms with Gasteiger partial charge in [-0.25, -0.2) is 0 Å². The number of benzene rings is 1. The first-order chi connectivity index (χ1) is 7.22. The predicted molar refractivity (Wildman–Crippen MR) is 68.9 cm³/mol. The lowest BCUT2D eigenvalue weighted by molar-refractivity contribution is 0.676. The molecule has 1 N–H and O–H groups in total. The Morgan fingerprint density at radius 2 is 2.00 bits per heavy atom. The molecule has 1 unspecified atom stereocenters. The highest BCUT2D eigenvalue weighted by Gasteiger charge is 1.94. The largest absolute Gasteiger partial charge is 0.312 e. The maximum Gasteiger partial charge on any atom is 0.0357 e. The third kappa shape index (κ3) is 5.35. The lowest BCUT2D eigenvalue weighted by Gasteiger charge is -2.04. The minimum atomic E-state index is -0.694.